The van der Waals surface area contributed by atoms with Gasteiger partial charge in [-0.05, 0) is 37.3 Å². The van der Waals surface area contributed by atoms with Crippen molar-refractivity contribution < 1.29 is 4.21 Å². The minimum atomic E-state index is -0.874. The van der Waals surface area contributed by atoms with Crippen molar-refractivity contribution in [3.8, 4) is 0 Å². The first-order valence-corrected chi connectivity index (χ1v) is 7.27. The zero-order valence-corrected chi connectivity index (χ0v) is 10.5. The van der Waals surface area contributed by atoms with Crippen molar-refractivity contribution in [3.05, 3.63) is 29.6 Å². The first-order chi connectivity index (χ1) is 8.17. The van der Waals surface area contributed by atoms with Gasteiger partial charge >= 0.3 is 0 Å². The predicted molar refractivity (Wildman–Crippen MR) is 67.3 cm³/mol. The lowest BCUT2D eigenvalue weighted by molar-refractivity contribution is 0.670. The second-order valence-electron chi connectivity index (χ2n) is 5.03. The number of aromatic nitrogens is 1. The van der Waals surface area contributed by atoms with Gasteiger partial charge in [0.25, 0.3) is 0 Å². The van der Waals surface area contributed by atoms with Crippen molar-refractivity contribution in [2.45, 2.75) is 43.0 Å². The van der Waals surface area contributed by atoms with Gasteiger partial charge in [0.15, 0.2) is 0 Å². The third-order valence-corrected chi connectivity index (χ3v) is 4.87. The molecule has 92 valence electrons. The maximum Gasteiger partial charge on any atom is 0.0950 e. The summed E-state index contributed by atoms with van der Waals surface area (Å²) in [5.41, 5.74) is 7.94. The van der Waals surface area contributed by atoms with Gasteiger partial charge in [0.2, 0.25) is 0 Å². The number of nitrogens with one attached hydrogen (secondary N) is 1. The smallest absolute Gasteiger partial charge is 0.0950 e. The molecule has 1 aromatic rings. The number of pyridine rings is 1. The van der Waals surface area contributed by atoms with E-state index in [4.69, 9.17) is 5.73 Å². The van der Waals surface area contributed by atoms with Gasteiger partial charge in [0.1, 0.15) is 0 Å². The number of hydrogen-bond acceptors (Lipinski definition) is 3. The minimum Gasteiger partial charge on any atom is -0.320 e. The summed E-state index contributed by atoms with van der Waals surface area (Å²) in [5, 5.41) is 0.376. The van der Waals surface area contributed by atoms with Crippen LogP contribution in [0.2, 0.25) is 0 Å². The molecule has 1 unspecified atom stereocenters. The van der Waals surface area contributed by atoms with Crippen LogP contribution >= 0.6 is 0 Å². The lowest BCUT2D eigenvalue weighted by atomic mass is 10.1. The molecule has 2 saturated carbocycles. The van der Waals surface area contributed by atoms with E-state index in [2.05, 4.69) is 9.71 Å². The van der Waals surface area contributed by atoms with E-state index in [0.717, 1.165) is 36.9 Å². The van der Waals surface area contributed by atoms with E-state index in [-0.39, 0.29) is 5.54 Å². The SMILES string of the molecule is NC1(c2ccc(CNS(=O)C3CC3)cn2)CC1. The Hall–Kier alpha value is -0.780. The van der Waals surface area contributed by atoms with Gasteiger partial charge in [0, 0.05) is 18.0 Å². The van der Waals surface area contributed by atoms with Gasteiger partial charge in [-0.3, -0.25) is 4.98 Å². The number of hydrogen-bond donors (Lipinski definition) is 2. The summed E-state index contributed by atoms with van der Waals surface area (Å²) in [6.07, 6.45) is 6.07. The molecule has 2 aliphatic carbocycles. The van der Waals surface area contributed by atoms with E-state index < -0.39 is 11.0 Å². The van der Waals surface area contributed by atoms with Crippen molar-refractivity contribution in [2.24, 2.45) is 5.73 Å². The monoisotopic (exact) mass is 251 g/mol. The van der Waals surface area contributed by atoms with Crippen LogP contribution < -0.4 is 10.5 Å². The number of rotatable bonds is 5. The summed E-state index contributed by atoms with van der Waals surface area (Å²) in [4.78, 5) is 4.39. The average Bonchev–Trinajstić information content (AvgIpc) is 3.21. The van der Waals surface area contributed by atoms with Crippen LogP contribution in [0.25, 0.3) is 0 Å². The van der Waals surface area contributed by atoms with Crippen LogP contribution in [0.3, 0.4) is 0 Å². The molecule has 0 aliphatic heterocycles. The molecule has 0 aromatic carbocycles. The molecule has 0 bridgehead atoms. The fourth-order valence-corrected chi connectivity index (χ4v) is 2.88. The molecule has 0 amide bonds. The van der Waals surface area contributed by atoms with Crippen LogP contribution in [0.1, 0.15) is 36.9 Å². The fraction of sp³-hybridized carbons (Fsp3) is 0.583. The highest BCUT2D eigenvalue weighted by atomic mass is 32.2. The molecule has 5 heteroatoms. The maximum absolute atomic E-state index is 11.6. The van der Waals surface area contributed by atoms with E-state index in [1.54, 1.807) is 0 Å². The van der Waals surface area contributed by atoms with Gasteiger partial charge < -0.3 is 5.73 Å². The summed E-state index contributed by atoms with van der Waals surface area (Å²) in [5.74, 6) is 0. The van der Waals surface area contributed by atoms with E-state index in [0.29, 0.717) is 11.8 Å². The molecule has 17 heavy (non-hydrogen) atoms. The van der Waals surface area contributed by atoms with Gasteiger partial charge in [-0.1, -0.05) is 6.07 Å². The van der Waals surface area contributed by atoms with E-state index in [1.807, 2.05) is 18.3 Å². The Morgan fingerprint density at radius 2 is 2.24 bits per heavy atom. The van der Waals surface area contributed by atoms with Gasteiger partial charge in [-0.2, -0.15) is 0 Å². The normalized spacial score (nSPS) is 23.4. The fourth-order valence-electron chi connectivity index (χ4n) is 1.77. The van der Waals surface area contributed by atoms with E-state index in [1.165, 1.54) is 0 Å². The average molecular weight is 251 g/mol. The highest BCUT2D eigenvalue weighted by Gasteiger charge is 2.41. The molecule has 1 aromatic heterocycles. The summed E-state index contributed by atoms with van der Waals surface area (Å²) < 4.78 is 14.6. The van der Waals surface area contributed by atoms with Crippen LogP contribution in [-0.2, 0) is 23.1 Å². The largest absolute Gasteiger partial charge is 0.320 e. The Balaban J connectivity index is 1.58. The topological polar surface area (TPSA) is 68.0 Å². The lowest BCUT2D eigenvalue weighted by Crippen LogP contribution is -2.22. The van der Waals surface area contributed by atoms with Crippen LogP contribution in [-0.4, -0.2) is 14.4 Å². The molecular formula is C12H17N3OS. The zero-order valence-electron chi connectivity index (χ0n) is 9.69. The Morgan fingerprint density at radius 3 is 2.76 bits per heavy atom. The lowest BCUT2D eigenvalue weighted by Gasteiger charge is -2.09. The molecule has 3 rings (SSSR count). The van der Waals surface area contributed by atoms with Gasteiger partial charge in [-0.25, -0.2) is 8.93 Å². The maximum atomic E-state index is 11.6. The highest BCUT2D eigenvalue weighted by Crippen LogP contribution is 2.41. The third kappa shape index (κ3) is 2.56. The summed E-state index contributed by atoms with van der Waals surface area (Å²) in [7, 11) is -0.874. The zero-order chi connectivity index (χ0) is 11.9. The Labute approximate surface area is 104 Å². The second kappa shape index (κ2) is 4.15. The first kappa shape index (κ1) is 11.3. The van der Waals surface area contributed by atoms with E-state index in [9.17, 15) is 4.21 Å². The summed E-state index contributed by atoms with van der Waals surface area (Å²) in [6, 6.07) is 4.01. The Morgan fingerprint density at radius 1 is 1.47 bits per heavy atom. The first-order valence-electron chi connectivity index (χ1n) is 6.06. The van der Waals surface area contributed by atoms with Crippen molar-refractivity contribution in [3.63, 3.8) is 0 Å². The van der Waals surface area contributed by atoms with Crippen molar-refractivity contribution in [2.75, 3.05) is 0 Å². The molecular weight excluding hydrogens is 234 g/mol. The summed E-state index contributed by atoms with van der Waals surface area (Å²) >= 11 is 0. The molecule has 3 N–H and O–H groups in total. The molecule has 1 heterocycles. The van der Waals surface area contributed by atoms with Crippen molar-refractivity contribution in [1.29, 1.82) is 0 Å². The Bertz CT molecular complexity index is 438. The minimum absolute atomic E-state index is 0.164. The molecule has 0 spiro atoms. The van der Waals surface area contributed by atoms with Gasteiger partial charge in [0.05, 0.1) is 22.2 Å². The number of nitrogens with two attached hydrogens (primary N) is 1. The second-order valence-corrected chi connectivity index (χ2v) is 6.58. The highest BCUT2D eigenvalue weighted by molar-refractivity contribution is 7.83. The molecule has 4 nitrogen and oxygen atoms in total. The predicted octanol–water partition coefficient (Wildman–Crippen LogP) is 0.945. The van der Waals surface area contributed by atoms with Crippen LogP contribution in [0.5, 0.6) is 0 Å². The van der Waals surface area contributed by atoms with Crippen LogP contribution in [0.15, 0.2) is 18.3 Å². The Kier molecular flexibility index (Phi) is 2.77. The molecule has 0 saturated heterocycles. The molecule has 2 aliphatic rings. The van der Waals surface area contributed by atoms with Crippen LogP contribution in [0, 0.1) is 0 Å². The standard InChI is InChI=1S/C12H17N3OS/c13-12(5-6-12)11-4-1-9(7-14-11)8-15-17(16)10-2-3-10/h1,4,7,10,15H,2-3,5-6,8,13H2. The van der Waals surface area contributed by atoms with Crippen molar-refractivity contribution in [1.82, 2.24) is 9.71 Å². The van der Waals surface area contributed by atoms with Gasteiger partial charge in [-0.15, -0.1) is 0 Å². The van der Waals surface area contributed by atoms with Crippen LogP contribution in [0.4, 0.5) is 0 Å². The van der Waals surface area contributed by atoms with Crippen molar-refractivity contribution >= 4 is 11.0 Å². The number of nitrogens with zero attached hydrogens (tertiary/aromatic N) is 1. The quantitative estimate of drug-likeness (QED) is 0.818. The molecule has 0 radical (unpaired) electrons. The summed E-state index contributed by atoms with van der Waals surface area (Å²) in [6.45, 7) is 0.619. The third-order valence-electron chi connectivity index (χ3n) is 3.37. The van der Waals surface area contributed by atoms with E-state index >= 15 is 0 Å². The molecule has 1 atom stereocenters. The molecule has 2 fully saturated rings.